The number of rotatable bonds is 2. The lowest BCUT2D eigenvalue weighted by Gasteiger charge is -1.95. The second kappa shape index (κ2) is 4.98. The van der Waals surface area contributed by atoms with Crippen molar-refractivity contribution >= 4 is 28.9 Å². The van der Waals surface area contributed by atoms with Crippen LogP contribution in [0.1, 0.15) is 22.8 Å². The average Bonchev–Trinajstić information content (AvgIpc) is 3.17. The van der Waals surface area contributed by atoms with Crippen LogP contribution in [0.2, 0.25) is 0 Å². The number of benzene rings is 1. The third-order valence-corrected chi connectivity index (χ3v) is 3.62. The van der Waals surface area contributed by atoms with Crippen LogP contribution in [0, 0.1) is 13.8 Å². The summed E-state index contributed by atoms with van der Waals surface area (Å²) in [6.07, 6.45) is 1.58. The summed E-state index contributed by atoms with van der Waals surface area (Å²) in [4.78, 5) is 16.3. The highest BCUT2D eigenvalue weighted by Gasteiger charge is 2.27. The van der Waals surface area contributed by atoms with Gasteiger partial charge in [-0.1, -0.05) is 18.2 Å². The highest BCUT2D eigenvalue weighted by Crippen LogP contribution is 2.25. The van der Waals surface area contributed by atoms with Crippen LogP contribution in [-0.2, 0) is 9.53 Å². The van der Waals surface area contributed by atoms with Gasteiger partial charge in [0, 0.05) is 11.5 Å². The second-order valence-corrected chi connectivity index (χ2v) is 5.35. The van der Waals surface area contributed by atoms with Crippen molar-refractivity contribution < 1.29 is 18.4 Å². The summed E-state index contributed by atoms with van der Waals surface area (Å²) in [5, 5.41) is 0.969. The van der Waals surface area contributed by atoms with Crippen molar-refractivity contribution in [3.05, 3.63) is 64.9 Å². The van der Waals surface area contributed by atoms with Crippen LogP contribution in [0.15, 0.2) is 55.9 Å². The van der Waals surface area contributed by atoms with Gasteiger partial charge in [-0.25, -0.2) is 9.79 Å². The molecule has 0 fully saturated rings. The number of para-hydroxylation sites is 1. The number of nitrogens with zero attached hydrogens (tertiary/aromatic N) is 1. The molecule has 0 saturated heterocycles. The maximum absolute atomic E-state index is 12.0. The zero-order chi connectivity index (χ0) is 16.0. The van der Waals surface area contributed by atoms with E-state index in [1.165, 1.54) is 0 Å². The van der Waals surface area contributed by atoms with Gasteiger partial charge in [-0.2, -0.15) is 0 Å². The Morgan fingerprint density at radius 2 is 1.91 bits per heavy atom. The molecule has 3 heterocycles. The van der Waals surface area contributed by atoms with Gasteiger partial charge in [0.25, 0.3) is 0 Å². The number of aryl methyl sites for hydroxylation is 2. The maximum atomic E-state index is 12.0. The zero-order valence-corrected chi connectivity index (χ0v) is 12.6. The molecule has 4 rings (SSSR count). The quantitative estimate of drug-likeness (QED) is 0.530. The fourth-order valence-electron chi connectivity index (χ4n) is 2.58. The molecule has 0 amide bonds. The number of furan rings is 2. The van der Waals surface area contributed by atoms with Crippen LogP contribution < -0.4 is 0 Å². The van der Waals surface area contributed by atoms with E-state index >= 15 is 0 Å². The van der Waals surface area contributed by atoms with Crippen molar-refractivity contribution in [2.75, 3.05) is 0 Å². The summed E-state index contributed by atoms with van der Waals surface area (Å²) < 4.78 is 16.4. The summed E-state index contributed by atoms with van der Waals surface area (Å²) in [6, 6.07) is 11.3. The Balaban J connectivity index is 1.73. The van der Waals surface area contributed by atoms with E-state index in [1.807, 2.05) is 37.3 Å². The number of fused-ring (bicyclic) bond motifs is 1. The fourth-order valence-corrected chi connectivity index (χ4v) is 2.58. The first-order chi connectivity index (χ1) is 11.1. The van der Waals surface area contributed by atoms with Crippen LogP contribution in [0.5, 0.6) is 0 Å². The van der Waals surface area contributed by atoms with Crippen LogP contribution in [-0.4, -0.2) is 11.9 Å². The summed E-state index contributed by atoms with van der Waals surface area (Å²) in [5.41, 5.74) is 1.65. The second-order valence-electron chi connectivity index (χ2n) is 5.35. The Hall–Kier alpha value is -3.08. The Bertz CT molecular complexity index is 955. The van der Waals surface area contributed by atoms with E-state index in [0.29, 0.717) is 17.1 Å². The van der Waals surface area contributed by atoms with Gasteiger partial charge in [0.1, 0.15) is 22.9 Å². The van der Waals surface area contributed by atoms with Gasteiger partial charge in [0.15, 0.2) is 5.70 Å². The standard InChI is InChI=1S/C18H13NO4/c1-10-7-14(11(2)21-10)17-19-15(18(20)23-17)9-13-8-12-5-3-4-6-16(12)22-13/h3-9H,1-2H3/b15-9+. The predicted octanol–water partition coefficient (Wildman–Crippen LogP) is 3.99. The molecular formula is C18H13NO4. The number of carbonyl (C=O) groups is 1. The Morgan fingerprint density at radius 3 is 2.65 bits per heavy atom. The Morgan fingerprint density at radius 1 is 1.09 bits per heavy atom. The summed E-state index contributed by atoms with van der Waals surface area (Å²) in [6.45, 7) is 3.64. The molecule has 2 aromatic heterocycles. The first-order valence-corrected chi connectivity index (χ1v) is 7.19. The summed E-state index contributed by atoms with van der Waals surface area (Å²) in [7, 11) is 0. The molecule has 0 bridgehead atoms. The van der Waals surface area contributed by atoms with Gasteiger partial charge in [-0.05, 0) is 32.0 Å². The first-order valence-electron chi connectivity index (χ1n) is 7.19. The number of hydrogen-bond donors (Lipinski definition) is 0. The lowest BCUT2D eigenvalue weighted by Crippen LogP contribution is -2.05. The lowest BCUT2D eigenvalue weighted by molar-refractivity contribution is -0.129. The molecule has 0 N–H and O–H groups in total. The SMILES string of the molecule is Cc1cc(C2=N/C(=C/c3cc4ccccc4o3)C(=O)O2)c(C)o1. The zero-order valence-electron chi connectivity index (χ0n) is 12.6. The van der Waals surface area contributed by atoms with E-state index < -0.39 is 5.97 Å². The highest BCUT2D eigenvalue weighted by molar-refractivity contribution is 6.13. The molecule has 114 valence electrons. The molecule has 0 atom stereocenters. The maximum Gasteiger partial charge on any atom is 0.363 e. The lowest BCUT2D eigenvalue weighted by atomic mass is 10.2. The van der Waals surface area contributed by atoms with Crippen molar-refractivity contribution in [1.29, 1.82) is 0 Å². The molecular weight excluding hydrogens is 294 g/mol. The third-order valence-electron chi connectivity index (χ3n) is 3.62. The molecule has 23 heavy (non-hydrogen) atoms. The van der Waals surface area contributed by atoms with Crippen molar-refractivity contribution in [1.82, 2.24) is 0 Å². The fraction of sp³-hybridized carbons (Fsp3) is 0.111. The van der Waals surface area contributed by atoms with Crippen LogP contribution >= 0.6 is 0 Å². The van der Waals surface area contributed by atoms with Crippen molar-refractivity contribution in [2.24, 2.45) is 4.99 Å². The van der Waals surface area contributed by atoms with E-state index in [2.05, 4.69) is 4.99 Å². The summed E-state index contributed by atoms with van der Waals surface area (Å²) in [5.74, 6) is 1.72. The van der Waals surface area contributed by atoms with Crippen molar-refractivity contribution in [2.45, 2.75) is 13.8 Å². The number of hydrogen-bond acceptors (Lipinski definition) is 5. The molecule has 0 saturated carbocycles. The largest absolute Gasteiger partial charge is 0.466 e. The molecule has 3 aromatic rings. The normalized spacial score (nSPS) is 16.2. The third kappa shape index (κ3) is 2.36. The molecule has 5 nitrogen and oxygen atoms in total. The van der Waals surface area contributed by atoms with Gasteiger partial charge < -0.3 is 13.6 Å². The van der Waals surface area contributed by atoms with E-state index in [-0.39, 0.29) is 11.6 Å². The van der Waals surface area contributed by atoms with E-state index in [0.717, 1.165) is 16.7 Å². The number of cyclic esters (lactones) is 1. The molecule has 1 aliphatic rings. The van der Waals surface area contributed by atoms with Crippen molar-refractivity contribution in [3.63, 3.8) is 0 Å². The molecule has 5 heteroatoms. The van der Waals surface area contributed by atoms with E-state index in [9.17, 15) is 4.79 Å². The number of aliphatic imine (C=N–C) groups is 1. The smallest absolute Gasteiger partial charge is 0.363 e. The van der Waals surface area contributed by atoms with Gasteiger partial charge in [0.05, 0.1) is 5.56 Å². The molecule has 0 aliphatic carbocycles. The molecule has 0 spiro atoms. The number of esters is 1. The highest BCUT2D eigenvalue weighted by atomic mass is 16.6. The first kappa shape index (κ1) is 13.6. The van der Waals surface area contributed by atoms with Crippen LogP contribution in [0.3, 0.4) is 0 Å². The van der Waals surface area contributed by atoms with Crippen LogP contribution in [0.4, 0.5) is 0 Å². The molecule has 1 aromatic carbocycles. The molecule has 1 aliphatic heterocycles. The summed E-state index contributed by atoms with van der Waals surface area (Å²) >= 11 is 0. The Labute approximate surface area is 131 Å². The predicted molar refractivity (Wildman–Crippen MR) is 85.0 cm³/mol. The van der Waals surface area contributed by atoms with Crippen molar-refractivity contribution in [3.8, 4) is 0 Å². The Kier molecular flexibility index (Phi) is 2.94. The van der Waals surface area contributed by atoms with E-state index in [1.54, 1.807) is 19.1 Å². The molecule has 0 radical (unpaired) electrons. The van der Waals surface area contributed by atoms with Gasteiger partial charge in [0.2, 0.25) is 5.90 Å². The minimum atomic E-state index is -0.501. The molecule has 0 unspecified atom stereocenters. The van der Waals surface area contributed by atoms with Crippen LogP contribution in [0.25, 0.3) is 17.0 Å². The number of ether oxygens (including phenoxy) is 1. The van der Waals surface area contributed by atoms with Gasteiger partial charge in [-0.3, -0.25) is 0 Å². The van der Waals surface area contributed by atoms with Gasteiger partial charge in [-0.15, -0.1) is 0 Å². The minimum Gasteiger partial charge on any atom is -0.466 e. The monoisotopic (exact) mass is 307 g/mol. The minimum absolute atomic E-state index is 0.206. The van der Waals surface area contributed by atoms with Gasteiger partial charge >= 0.3 is 5.97 Å². The van der Waals surface area contributed by atoms with E-state index in [4.69, 9.17) is 13.6 Å². The average molecular weight is 307 g/mol. The topological polar surface area (TPSA) is 64.9 Å². The number of carbonyl (C=O) groups excluding carboxylic acids is 1.